The predicted octanol–water partition coefficient (Wildman–Crippen LogP) is 7.49. The minimum atomic E-state index is -5.03. The normalized spacial score (nSPS) is 19.2. The van der Waals surface area contributed by atoms with Crippen LogP contribution in [0, 0.1) is 24.0 Å². The van der Waals surface area contributed by atoms with Crippen LogP contribution in [0.2, 0.25) is 0 Å². The van der Waals surface area contributed by atoms with E-state index in [0.29, 0.717) is 51.0 Å². The number of ether oxygens (including phenoxy) is 3. The zero-order chi connectivity index (χ0) is 63.1. The van der Waals surface area contributed by atoms with Crippen molar-refractivity contribution >= 4 is 58.2 Å². The number of piperazine rings is 2. The summed E-state index contributed by atoms with van der Waals surface area (Å²) in [5.41, 5.74) is 1.81. The summed E-state index contributed by atoms with van der Waals surface area (Å²) < 4.78 is 89.2. The third-order valence-corrected chi connectivity index (χ3v) is 17.1. The molecule has 87 heavy (non-hydrogen) atoms. The number of thiazole rings is 1. The highest BCUT2D eigenvalue weighted by molar-refractivity contribution is 7.13. The number of carbonyl (C=O) groups is 5. The molecule has 0 unspecified atom stereocenters. The smallest absolute Gasteiger partial charge is 0.417 e. The van der Waals surface area contributed by atoms with Gasteiger partial charge in [-0.05, 0) is 82.1 Å². The van der Waals surface area contributed by atoms with Crippen LogP contribution in [0.5, 0.6) is 5.75 Å². The molecule has 3 aliphatic heterocycles. The number of nitrogens with zero attached hydrogens (tertiary/aromatic N) is 8. The molecule has 4 N–H and O–H groups in total. The molecule has 26 heteroatoms. The van der Waals surface area contributed by atoms with Gasteiger partial charge in [0.25, 0.3) is 5.91 Å². The number of hydrogen-bond donors (Lipinski definition) is 4. The molecule has 3 aliphatic rings. The molecule has 3 saturated heterocycles. The summed E-state index contributed by atoms with van der Waals surface area (Å²) in [7, 11) is 3.51. The van der Waals surface area contributed by atoms with Gasteiger partial charge in [0.05, 0.1) is 90.7 Å². The number of β-amino-alcohol motifs (C(OH)–C–C–N with tert-alkyl or cyclic N) is 1. The van der Waals surface area contributed by atoms with Gasteiger partial charge >= 0.3 is 6.18 Å². The van der Waals surface area contributed by atoms with Crippen molar-refractivity contribution in [3.8, 4) is 27.3 Å². The summed E-state index contributed by atoms with van der Waals surface area (Å²) >= 11 is 1.52. The topological polar surface area (TPSA) is 224 Å². The molecule has 3 aromatic carbocycles. The standard InChI is InChI=1S/C61H76F5N11O9S/c1-35-31-76(32-36(2)73(35)8)49-28-47(63)45(27-48(49)71-56(81)44-13-11-41(62)25-46(44)61(64,65)66)40-29-67-59(68-30-40)75-18-16-74(17-19-75)53(80)15-21-86-23-22-85-20-14-52(79)72-55(60(5,6)7)58(83)77-33-42(78)26-50(77)57(82)70-37(3)43-12-10-39(24-51(43)84-9)54-38(4)69-34-87-54/h10-13,24-25,27-30,34-37,42,50,55,78H,14-23,26,31-33H2,1-9H3,(H,70,82)(H,71,81)(H,72,79)/t35-,36+,37-,42+,50-,55+/m0/s1. The number of benzene rings is 3. The van der Waals surface area contributed by atoms with Crippen molar-refractivity contribution in [3.63, 3.8) is 0 Å². The van der Waals surface area contributed by atoms with Gasteiger partial charge in [-0.25, -0.2) is 23.7 Å². The van der Waals surface area contributed by atoms with Crippen molar-refractivity contribution in [3.05, 3.63) is 100 Å². The minimum Gasteiger partial charge on any atom is -0.496 e. The number of carbonyl (C=O) groups excluding carboxylic acids is 5. The van der Waals surface area contributed by atoms with Gasteiger partial charge < -0.3 is 54.9 Å². The first kappa shape index (κ1) is 65.6. The molecule has 5 heterocycles. The first-order valence-electron chi connectivity index (χ1n) is 28.9. The van der Waals surface area contributed by atoms with Crippen LogP contribution in [0.15, 0.2) is 66.4 Å². The number of aliphatic hydroxyl groups excluding tert-OH is 1. The molecule has 470 valence electrons. The van der Waals surface area contributed by atoms with Crippen LogP contribution in [0.1, 0.15) is 94.0 Å². The fourth-order valence-corrected chi connectivity index (χ4v) is 11.8. The summed E-state index contributed by atoms with van der Waals surface area (Å²) in [6.07, 6.45) is -3.11. The van der Waals surface area contributed by atoms with E-state index in [9.17, 15) is 46.6 Å². The maximum absolute atomic E-state index is 16.2. The molecular weight excluding hydrogens is 1160 g/mol. The summed E-state index contributed by atoms with van der Waals surface area (Å²) in [4.78, 5) is 91.2. The van der Waals surface area contributed by atoms with Crippen LogP contribution < -0.4 is 30.5 Å². The summed E-state index contributed by atoms with van der Waals surface area (Å²) in [6.45, 7) is 15.8. The zero-order valence-corrected chi connectivity index (χ0v) is 51.1. The maximum atomic E-state index is 16.2. The van der Waals surface area contributed by atoms with Crippen LogP contribution in [0.25, 0.3) is 21.6 Å². The molecule has 6 atom stereocenters. The average Bonchev–Trinajstić information content (AvgIpc) is 1.83. The number of aryl methyl sites for hydroxylation is 1. The van der Waals surface area contributed by atoms with Gasteiger partial charge in [0.15, 0.2) is 0 Å². The Kier molecular flexibility index (Phi) is 21.2. The first-order valence-corrected chi connectivity index (χ1v) is 29.8. The lowest BCUT2D eigenvalue weighted by atomic mass is 9.85. The lowest BCUT2D eigenvalue weighted by molar-refractivity contribution is -0.144. The molecule has 5 amide bonds. The fourth-order valence-electron chi connectivity index (χ4n) is 11.0. The number of alkyl halides is 3. The summed E-state index contributed by atoms with van der Waals surface area (Å²) in [6, 6.07) is 7.56. The number of amides is 5. The van der Waals surface area contributed by atoms with Gasteiger partial charge in [-0.1, -0.05) is 32.9 Å². The average molecular weight is 1230 g/mol. The van der Waals surface area contributed by atoms with E-state index < -0.39 is 82.2 Å². The first-order chi connectivity index (χ1) is 41.2. The monoisotopic (exact) mass is 1230 g/mol. The van der Waals surface area contributed by atoms with Gasteiger partial charge in [-0.2, -0.15) is 13.2 Å². The van der Waals surface area contributed by atoms with Gasteiger partial charge in [0.2, 0.25) is 29.6 Å². The molecular formula is C61H76F5N11O9S. The molecule has 5 aromatic rings. The fraction of sp³-hybridized carbons (Fsp3) is 0.508. The van der Waals surface area contributed by atoms with E-state index in [0.717, 1.165) is 33.8 Å². The number of nitrogens with one attached hydrogen (secondary N) is 3. The third kappa shape index (κ3) is 16.0. The highest BCUT2D eigenvalue weighted by Gasteiger charge is 2.45. The third-order valence-electron chi connectivity index (χ3n) is 16.1. The zero-order valence-electron chi connectivity index (χ0n) is 50.3. The van der Waals surface area contributed by atoms with Gasteiger partial charge in [-0.3, -0.25) is 28.9 Å². The molecule has 0 saturated carbocycles. The van der Waals surface area contributed by atoms with Crippen LogP contribution in [-0.2, 0) is 34.8 Å². The van der Waals surface area contributed by atoms with Crippen LogP contribution in [0.4, 0.5) is 39.3 Å². The molecule has 0 radical (unpaired) electrons. The molecule has 8 rings (SSSR count). The number of rotatable bonds is 21. The Labute approximate surface area is 506 Å². The second-order valence-electron chi connectivity index (χ2n) is 23.3. The van der Waals surface area contributed by atoms with E-state index in [4.69, 9.17) is 14.2 Å². The number of anilines is 3. The highest BCUT2D eigenvalue weighted by Crippen LogP contribution is 2.39. The lowest BCUT2D eigenvalue weighted by Gasteiger charge is -2.44. The van der Waals surface area contributed by atoms with Crippen molar-refractivity contribution in [1.82, 2.24) is 40.3 Å². The number of likely N-dealkylation sites (N-methyl/N-ethyl adjacent to an activating group) is 1. The van der Waals surface area contributed by atoms with Crippen LogP contribution in [0.3, 0.4) is 0 Å². The number of likely N-dealkylation sites (tertiary alicyclic amines) is 1. The number of hydrogen-bond acceptors (Lipinski definition) is 16. The summed E-state index contributed by atoms with van der Waals surface area (Å²) in [5, 5.41) is 19.1. The van der Waals surface area contributed by atoms with Crippen LogP contribution >= 0.6 is 11.3 Å². The Morgan fingerprint density at radius 2 is 1.48 bits per heavy atom. The highest BCUT2D eigenvalue weighted by atomic mass is 32.1. The number of methoxy groups -OCH3 is 1. The minimum absolute atomic E-state index is 0.0110. The van der Waals surface area contributed by atoms with Crippen molar-refractivity contribution in [2.45, 2.75) is 110 Å². The second-order valence-corrected chi connectivity index (χ2v) is 24.2. The van der Waals surface area contributed by atoms with Gasteiger partial charge in [0, 0.05) is 99.8 Å². The predicted molar refractivity (Wildman–Crippen MR) is 318 cm³/mol. The second kappa shape index (κ2) is 28.2. The van der Waals surface area contributed by atoms with E-state index in [1.807, 2.05) is 62.7 Å². The maximum Gasteiger partial charge on any atom is 0.417 e. The Balaban J connectivity index is 0.767. The van der Waals surface area contributed by atoms with Crippen molar-refractivity contribution < 1.29 is 65.2 Å². The van der Waals surface area contributed by atoms with Crippen LogP contribution in [-0.4, -0.2) is 181 Å². The molecule has 0 spiro atoms. The number of aliphatic hydroxyl groups is 1. The number of halogens is 5. The SMILES string of the molecule is COc1cc(-c2scnc2C)ccc1[C@H](C)NC(=O)[C@@H]1C[C@@H](O)CN1C(=O)[C@@H](NC(=O)CCOCCOCCC(=O)N1CCN(c2ncc(-c3cc(NC(=O)c4ccc(F)cc4C(F)(F)F)c(N4C[C@@H](C)N(C)[C@@H](C)C4)cc3F)cn2)CC1)C(C)(C)C. The quantitative estimate of drug-likeness (QED) is 0.0413. The Morgan fingerprint density at radius 1 is 0.816 bits per heavy atom. The molecule has 0 aliphatic carbocycles. The molecule has 0 bridgehead atoms. The Hall–Kier alpha value is -7.39. The Morgan fingerprint density at radius 3 is 2.10 bits per heavy atom. The molecule has 20 nitrogen and oxygen atoms in total. The van der Waals surface area contributed by atoms with Gasteiger partial charge in [-0.15, -0.1) is 11.3 Å². The Bertz CT molecular complexity index is 3260. The largest absolute Gasteiger partial charge is 0.496 e. The van der Waals surface area contributed by atoms with Crippen molar-refractivity contribution in [2.75, 3.05) is 102 Å². The van der Waals surface area contributed by atoms with E-state index in [-0.39, 0.29) is 98.8 Å². The van der Waals surface area contributed by atoms with Crippen molar-refractivity contribution in [1.29, 1.82) is 0 Å². The molecule has 3 fully saturated rings. The van der Waals surface area contributed by atoms with E-state index >= 15 is 4.39 Å². The van der Waals surface area contributed by atoms with E-state index in [1.165, 1.54) is 40.8 Å². The number of aromatic nitrogens is 3. The lowest BCUT2D eigenvalue weighted by Crippen LogP contribution is -2.58. The van der Waals surface area contributed by atoms with Gasteiger partial charge in [0.1, 0.15) is 29.5 Å². The van der Waals surface area contributed by atoms with E-state index in [1.54, 1.807) is 38.3 Å². The summed E-state index contributed by atoms with van der Waals surface area (Å²) in [5.74, 6) is -3.62. The van der Waals surface area contributed by atoms with E-state index in [2.05, 4.69) is 35.8 Å². The molecule has 2 aromatic heterocycles. The van der Waals surface area contributed by atoms with Crippen molar-refractivity contribution in [2.24, 2.45) is 5.41 Å².